The molecule has 0 fully saturated rings. The van der Waals surface area contributed by atoms with Crippen LogP contribution in [-0.2, 0) is 6.54 Å². The summed E-state index contributed by atoms with van der Waals surface area (Å²) in [6.07, 6.45) is 1.86. The molecule has 5 heteroatoms. The summed E-state index contributed by atoms with van der Waals surface area (Å²) in [4.78, 5) is 12.8. The van der Waals surface area contributed by atoms with E-state index in [1.165, 1.54) is 0 Å². The number of anilines is 1. The van der Waals surface area contributed by atoms with Crippen LogP contribution in [-0.4, -0.2) is 21.6 Å². The molecular formula is C14H18N4O. The molecule has 1 N–H and O–H groups in total. The molecular weight excluding hydrogens is 240 g/mol. The SMILES string of the molecule is CCOc1cc(NCc2ccc(C)nc2)nc(C)n1. The van der Waals surface area contributed by atoms with Gasteiger partial charge in [-0.1, -0.05) is 6.07 Å². The highest BCUT2D eigenvalue weighted by atomic mass is 16.5. The summed E-state index contributed by atoms with van der Waals surface area (Å²) >= 11 is 0. The maximum Gasteiger partial charge on any atom is 0.218 e. The van der Waals surface area contributed by atoms with Gasteiger partial charge in [0, 0.05) is 24.5 Å². The molecule has 19 heavy (non-hydrogen) atoms. The van der Waals surface area contributed by atoms with Crippen LogP contribution >= 0.6 is 0 Å². The molecule has 2 heterocycles. The van der Waals surface area contributed by atoms with Gasteiger partial charge in [0.15, 0.2) is 0 Å². The molecule has 100 valence electrons. The van der Waals surface area contributed by atoms with Gasteiger partial charge >= 0.3 is 0 Å². The summed E-state index contributed by atoms with van der Waals surface area (Å²) in [7, 11) is 0. The Morgan fingerprint density at radius 2 is 2.05 bits per heavy atom. The molecule has 2 aromatic rings. The van der Waals surface area contributed by atoms with Crippen LogP contribution in [0.2, 0.25) is 0 Å². The number of hydrogen-bond donors (Lipinski definition) is 1. The number of nitrogens with zero attached hydrogens (tertiary/aromatic N) is 3. The van der Waals surface area contributed by atoms with Crippen LogP contribution in [0.15, 0.2) is 24.4 Å². The highest BCUT2D eigenvalue weighted by Gasteiger charge is 2.02. The van der Waals surface area contributed by atoms with Crippen LogP contribution in [0, 0.1) is 13.8 Å². The first kappa shape index (κ1) is 13.3. The molecule has 0 unspecified atom stereocenters. The lowest BCUT2D eigenvalue weighted by Gasteiger charge is -2.08. The molecule has 2 aromatic heterocycles. The van der Waals surface area contributed by atoms with Crippen LogP contribution < -0.4 is 10.1 Å². The van der Waals surface area contributed by atoms with Crippen LogP contribution in [0.25, 0.3) is 0 Å². The van der Waals surface area contributed by atoms with Crippen molar-refractivity contribution in [2.75, 3.05) is 11.9 Å². The second-order valence-electron chi connectivity index (χ2n) is 4.23. The van der Waals surface area contributed by atoms with E-state index in [4.69, 9.17) is 4.74 Å². The molecule has 0 saturated heterocycles. The van der Waals surface area contributed by atoms with Gasteiger partial charge in [0.05, 0.1) is 6.61 Å². The van der Waals surface area contributed by atoms with E-state index in [2.05, 4.69) is 20.3 Å². The summed E-state index contributed by atoms with van der Waals surface area (Å²) in [5.41, 5.74) is 2.13. The fourth-order valence-corrected chi connectivity index (χ4v) is 1.65. The first-order valence-corrected chi connectivity index (χ1v) is 6.31. The van der Waals surface area contributed by atoms with Crippen molar-refractivity contribution in [3.05, 3.63) is 41.5 Å². The number of aromatic nitrogens is 3. The van der Waals surface area contributed by atoms with Gasteiger partial charge < -0.3 is 10.1 Å². The van der Waals surface area contributed by atoms with Crippen LogP contribution in [0.5, 0.6) is 5.88 Å². The van der Waals surface area contributed by atoms with Crippen molar-refractivity contribution < 1.29 is 4.74 Å². The van der Waals surface area contributed by atoms with Gasteiger partial charge in [0.1, 0.15) is 11.6 Å². The third kappa shape index (κ3) is 3.91. The van der Waals surface area contributed by atoms with E-state index < -0.39 is 0 Å². The fourth-order valence-electron chi connectivity index (χ4n) is 1.65. The highest BCUT2D eigenvalue weighted by molar-refractivity contribution is 5.39. The van der Waals surface area contributed by atoms with Crippen LogP contribution in [0.4, 0.5) is 5.82 Å². The lowest BCUT2D eigenvalue weighted by molar-refractivity contribution is 0.325. The average molecular weight is 258 g/mol. The minimum absolute atomic E-state index is 0.595. The molecule has 0 atom stereocenters. The Labute approximate surface area is 113 Å². The molecule has 5 nitrogen and oxygen atoms in total. The molecule has 0 aliphatic carbocycles. The number of rotatable bonds is 5. The van der Waals surface area contributed by atoms with Crippen molar-refractivity contribution in [3.63, 3.8) is 0 Å². The van der Waals surface area contributed by atoms with Gasteiger partial charge in [-0.15, -0.1) is 0 Å². The van der Waals surface area contributed by atoms with E-state index >= 15 is 0 Å². The Morgan fingerprint density at radius 1 is 1.21 bits per heavy atom. The monoisotopic (exact) mass is 258 g/mol. The van der Waals surface area contributed by atoms with E-state index in [1.54, 1.807) is 6.07 Å². The Balaban J connectivity index is 2.04. The maximum absolute atomic E-state index is 5.39. The topological polar surface area (TPSA) is 59.9 Å². The quantitative estimate of drug-likeness (QED) is 0.892. The maximum atomic E-state index is 5.39. The van der Waals surface area contributed by atoms with E-state index in [0.717, 1.165) is 17.1 Å². The normalized spacial score (nSPS) is 10.3. The highest BCUT2D eigenvalue weighted by Crippen LogP contribution is 2.14. The number of aryl methyl sites for hydroxylation is 2. The number of pyridine rings is 1. The smallest absolute Gasteiger partial charge is 0.218 e. The largest absolute Gasteiger partial charge is 0.478 e. The van der Waals surface area contributed by atoms with Gasteiger partial charge in [0.2, 0.25) is 5.88 Å². The Hall–Kier alpha value is -2.17. The molecule has 0 aliphatic heterocycles. The molecule has 0 amide bonds. The van der Waals surface area contributed by atoms with E-state index in [-0.39, 0.29) is 0 Å². The Kier molecular flexibility index (Phi) is 4.28. The zero-order chi connectivity index (χ0) is 13.7. The predicted molar refractivity (Wildman–Crippen MR) is 74.2 cm³/mol. The molecule has 0 spiro atoms. The molecule has 0 aliphatic rings. The molecule has 0 aromatic carbocycles. The summed E-state index contributed by atoms with van der Waals surface area (Å²) in [6, 6.07) is 5.85. The molecule has 2 rings (SSSR count). The number of hydrogen-bond acceptors (Lipinski definition) is 5. The zero-order valence-electron chi connectivity index (χ0n) is 11.5. The van der Waals surface area contributed by atoms with E-state index in [1.807, 2.05) is 39.1 Å². The first-order valence-electron chi connectivity index (χ1n) is 6.31. The van der Waals surface area contributed by atoms with Crippen molar-refractivity contribution in [3.8, 4) is 5.88 Å². The number of nitrogens with one attached hydrogen (secondary N) is 1. The lowest BCUT2D eigenvalue weighted by Crippen LogP contribution is -2.05. The Morgan fingerprint density at radius 3 is 2.74 bits per heavy atom. The molecule has 0 radical (unpaired) electrons. The fraction of sp³-hybridized carbons (Fsp3) is 0.357. The van der Waals surface area contributed by atoms with Gasteiger partial charge in [-0.2, -0.15) is 4.98 Å². The predicted octanol–water partition coefficient (Wildman–Crippen LogP) is 2.50. The van der Waals surface area contributed by atoms with Crippen LogP contribution in [0.3, 0.4) is 0 Å². The second kappa shape index (κ2) is 6.13. The van der Waals surface area contributed by atoms with Gasteiger partial charge in [0.25, 0.3) is 0 Å². The first-order chi connectivity index (χ1) is 9.17. The van der Waals surface area contributed by atoms with E-state index in [0.29, 0.717) is 24.9 Å². The summed E-state index contributed by atoms with van der Waals surface area (Å²) in [6.45, 7) is 7.02. The lowest BCUT2D eigenvalue weighted by atomic mass is 10.2. The average Bonchev–Trinajstić information content (AvgIpc) is 2.38. The second-order valence-corrected chi connectivity index (χ2v) is 4.23. The van der Waals surface area contributed by atoms with Crippen LogP contribution in [0.1, 0.15) is 24.0 Å². The van der Waals surface area contributed by atoms with Gasteiger partial charge in [-0.3, -0.25) is 4.98 Å². The van der Waals surface area contributed by atoms with E-state index in [9.17, 15) is 0 Å². The summed E-state index contributed by atoms with van der Waals surface area (Å²) in [5, 5.41) is 3.25. The van der Waals surface area contributed by atoms with Gasteiger partial charge in [-0.05, 0) is 32.4 Å². The van der Waals surface area contributed by atoms with Crippen molar-refractivity contribution in [1.82, 2.24) is 15.0 Å². The van der Waals surface area contributed by atoms with Crippen molar-refractivity contribution in [2.45, 2.75) is 27.3 Å². The zero-order valence-corrected chi connectivity index (χ0v) is 11.5. The van der Waals surface area contributed by atoms with Gasteiger partial charge in [-0.25, -0.2) is 4.98 Å². The summed E-state index contributed by atoms with van der Waals surface area (Å²) < 4.78 is 5.39. The minimum Gasteiger partial charge on any atom is -0.478 e. The summed E-state index contributed by atoms with van der Waals surface area (Å²) in [5.74, 6) is 2.05. The third-order valence-corrected chi connectivity index (χ3v) is 2.55. The minimum atomic E-state index is 0.595. The molecule has 0 bridgehead atoms. The number of ether oxygens (including phenoxy) is 1. The van der Waals surface area contributed by atoms with Crippen molar-refractivity contribution in [2.24, 2.45) is 0 Å². The standard InChI is InChI=1S/C14H18N4O/c1-4-19-14-7-13(17-11(3)18-14)16-9-12-6-5-10(2)15-8-12/h5-8H,4,9H2,1-3H3,(H,16,17,18). The Bertz CT molecular complexity index is 540. The van der Waals surface area contributed by atoms with Crippen molar-refractivity contribution in [1.29, 1.82) is 0 Å². The van der Waals surface area contributed by atoms with Crippen molar-refractivity contribution >= 4 is 5.82 Å². The third-order valence-electron chi connectivity index (χ3n) is 2.55. The molecule has 0 saturated carbocycles.